The van der Waals surface area contributed by atoms with Gasteiger partial charge in [0.1, 0.15) is 11.9 Å². The molecule has 0 bridgehead atoms. The average molecular weight is 358 g/mol. The molecule has 0 aromatic heterocycles. The van der Waals surface area contributed by atoms with E-state index in [9.17, 15) is 22.7 Å². The van der Waals surface area contributed by atoms with Crippen LogP contribution in [0.15, 0.2) is 53.4 Å². The number of hydrogen-bond acceptors (Lipinski definition) is 3. The fraction of sp³-hybridized carbons (Fsp3) is 0.133. The Balaban J connectivity index is 2.58. The van der Waals surface area contributed by atoms with Gasteiger partial charge in [0.15, 0.2) is 0 Å². The van der Waals surface area contributed by atoms with E-state index in [1.807, 2.05) is 0 Å². The van der Waals surface area contributed by atoms with Gasteiger partial charge in [-0.15, -0.1) is 0 Å². The zero-order valence-electron chi connectivity index (χ0n) is 12.0. The molecule has 0 saturated heterocycles. The summed E-state index contributed by atoms with van der Waals surface area (Å²) in [5.74, 6) is -1.88. The van der Waals surface area contributed by atoms with Gasteiger partial charge in [0.25, 0.3) is 10.0 Å². The fourth-order valence-corrected chi connectivity index (χ4v) is 3.72. The first kappa shape index (κ1) is 17.2. The molecule has 0 aliphatic heterocycles. The van der Waals surface area contributed by atoms with Crippen LogP contribution in [0.3, 0.4) is 0 Å². The van der Waals surface area contributed by atoms with E-state index in [0.717, 1.165) is 16.4 Å². The van der Waals surface area contributed by atoms with Crippen molar-refractivity contribution in [2.75, 3.05) is 4.31 Å². The fourth-order valence-electron chi connectivity index (χ4n) is 1.98. The number of carboxylic acids is 1. The van der Waals surface area contributed by atoms with Gasteiger partial charge >= 0.3 is 5.97 Å². The molecule has 0 amide bonds. The van der Waals surface area contributed by atoms with Gasteiger partial charge in [-0.3, -0.25) is 4.31 Å². The molecule has 1 N–H and O–H groups in total. The van der Waals surface area contributed by atoms with Crippen LogP contribution < -0.4 is 4.31 Å². The minimum absolute atomic E-state index is 0.0521. The molecule has 0 aliphatic carbocycles. The lowest BCUT2D eigenvalue weighted by atomic mass is 10.2. The first-order chi connectivity index (χ1) is 10.7. The number of hydrogen-bond donors (Lipinski definition) is 1. The number of carboxylic acid groups (broad SMARTS) is 1. The lowest BCUT2D eigenvalue weighted by Gasteiger charge is -2.28. The van der Waals surface area contributed by atoms with E-state index in [2.05, 4.69) is 0 Å². The summed E-state index contributed by atoms with van der Waals surface area (Å²) in [4.78, 5) is 11.2. The van der Waals surface area contributed by atoms with Crippen molar-refractivity contribution in [3.05, 3.63) is 59.4 Å². The van der Waals surface area contributed by atoms with E-state index in [0.29, 0.717) is 5.02 Å². The summed E-state index contributed by atoms with van der Waals surface area (Å²) in [5, 5.41) is 9.57. The van der Waals surface area contributed by atoms with Gasteiger partial charge in [-0.05, 0) is 55.5 Å². The molecular weight excluding hydrogens is 345 g/mol. The summed E-state index contributed by atoms with van der Waals surface area (Å²) in [6.45, 7) is 1.24. The minimum atomic E-state index is -4.16. The monoisotopic (exact) mass is 357 g/mol. The molecular formula is C15H13ClFNO4S. The zero-order chi connectivity index (χ0) is 17.2. The summed E-state index contributed by atoms with van der Waals surface area (Å²) < 4.78 is 39.4. The third kappa shape index (κ3) is 3.62. The summed E-state index contributed by atoms with van der Waals surface area (Å²) >= 11 is 5.74. The second-order valence-corrected chi connectivity index (χ2v) is 7.00. The standard InChI is InChI=1S/C15H13ClFNO4S/c1-10(15(19)20)18(13-6-4-12(17)5-7-13)23(21,22)14-8-2-11(16)3-9-14/h2-10H,1H3,(H,19,20). The molecule has 8 heteroatoms. The van der Waals surface area contributed by atoms with Gasteiger partial charge in [0, 0.05) is 5.02 Å². The average Bonchev–Trinajstić information content (AvgIpc) is 2.49. The Labute approximate surface area is 138 Å². The number of rotatable bonds is 5. The number of halogens is 2. The SMILES string of the molecule is CC(C(=O)O)N(c1ccc(F)cc1)S(=O)(=O)c1ccc(Cl)cc1. The predicted octanol–water partition coefficient (Wildman–Crippen LogP) is 3.15. The number of nitrogens with zero attached hydrogens (tertiary/aromatic N) is 1. The van der Waals surface area contributed by atoms with Crippen LogP contribution in [0.4, 0.5) is 10.1 Å². The van der Waals surface area contributed by atoms with Gasteiger partial charge in [0.05, 0.1) is 10.6 Å². The van der Waals surface area contributed by atoms with E-state index < -0.39 is 27.9 Å². The molecule has 2 rings (SSSR count). The van der Waals surface area contributed by atoms with Crippen LogP contribution in [-0.4, -0.2) is 25.5 Å². The summed E-state index contributed by atoms with van der Waals surface area (Å²) in [7, 11) is -4.16. The van der Waals surface area contributed by atoms with Crippen LogP contribution in [0.1, 0.15) is 6.92 Å². The summed E-state index contributed by atoms with van der Waals surface area (Å²) in [6, 6.07) is 8.52. The van der Waals surface area contributed by atoms with Gasteiger partial charge in [-0.2, -0.15) is 0 Å². The maximum Gasteiger partial charge on any atom is 0.327 e. The molecule has 2 aromatic carbocycles. The topological polar surface area (TPSA) is 74.7 Å². The van der Waals surface area contributed by atoms with Crippen molar-refractivity contribution >= 4 is 33.3 Å². The van der Waals surface area contributed by atoms with Gasteiger partial charge in [0.2, 0.25) is 0 Å². The second kappa shape index (κ2) is 6.55. The van der Waals surface area contributed by atoms with Crippen molar-refractivity contribution in [3.8, 4) is 0 Å². The largest absolute Gasteiger partial charge is 0.480 e. The van der Waals surface area contributed by atoms with Crippen LogP contribution in [0.5, 0.6) is 0 Å². The molecule has 1 atom stereocenters. The van der Waals surface area contributed by atoms with Gasteiger partial charge in [-0.1, -0.05) is 11.6 Å². The quantitative estimate of drug-likeness (QED) is 0.892. The predicted molar refractivity (Wildman–Crippen MR) is 84.6 cm³/mol. The Kier molecular flexibility index (Phi) is 4.91. The van der Waals surface area contributed by atoms with Crippen LogP contribution >= 0.6 is 11.6 Å². The number of aliphatic carboxylic acids is 1. The summed E-state index contributed by atoms with van der Waals surface area (Å²) in [6.07, 6.45) is 0. The first-order valence-electron chi connectivity index (χ1n) is 6.52. The highest BCUT2D eigenvalue weighted by atomic mass is 35.5. The Morgan fingerprint density at radius 1 is 1.13 bits per heavy atom. The molecule has 0 aliphatic rings. The second-order valence-electron chi connectivity index (χ2n) is 4.75. The van der Waals surface area contributed by atoms with Gasteiger partial charge < -0.3 is 5.11 Å². The van der Waals surface area contributed by atoms with E-state index in [-0.39, 0.29) is 10.6 Å². The van der Waals surface area contributed by atoms with E-state index in [1.54, 1.807) is 0 Å². The number of anilines is 1. The van der Waals surface area contributed by atoms with E-state index in [4.69, 9.17) is 11.6 Å². The highest BCUT2D eigenvalue weighted by Gasteiger charge is 2.33. The van der Waals surface area contributed by atoms with Crippen molar-refractivity contribution in [1.29, 1.82) is 0 Å². The highest BCUT2D eigenvalue weighted by molar-refractivity contribution is 7.92. The van der Waals surface area contributed by atoms with E-state index >= 15 is 0 Å². The molecule has 122 valence electrons. The third-order valence-corrected chi connectivity index (χ3v) is 5.33. The number of carbonyl (C=O) groups is 1. The molecule has 0 radical (unpaired) electrons. The molecule has 23 heavy (non-hydrogen) atoms. The van der Waals surface area contributed by atoms with Crippen LogP contribution in [0, 0.1) is 5.82 Å². The molecule has 5 nitrogen and oxygen atoms in total. The van der Waals surface area contributed by atoms with Crippen LogP contribution in [0.25, 0.3) is 0 Å². The van der Waals surface area contributed by atoms with Crippen molar-refractivity contribution in [3.63, 3.8) is 0 Å². The zero-order valence-corrected chi connectivity index (χ0v) is 13.6. The van der Waals surface area contributed by atoms with Crippen molar-refractivity contribution in [2.24, 2.45) is 0 Å². The first-order valence-corrected chi connectivity index (χ1v) is 8.33. The molecule has 2 aromatic rings. The normalized spacial score (nSPS) is 12.7. The van der Waals surface area contributed by atoms with Gasteiger partial charge in [-0.25, -0.2) is 17.6 Å². The highest BCUT2D eigenvalue weighted by Crippen LogP contribution is 2.27. The molecule has 1 unspecified atom stereocenters. The molecule has 0 fully saturated rings. The Hall–Kier alpha value is -2.12. The Morgan fingerprint density at radius 2 is 1.65 bits per heavy atom. The van der Waals surface area contributed by atoms with Crippen molar-refractivity contribution < 1.29 is 22.7 Å². The minimum Gasteiger partial charge on any atom is -0.480 e. The van der Waals surface area contributed by atoms with Crippen molar-refractivity contribution in [1.82, 2.24) is 0 Å². The summed E-state index contributed by atoms with van der Waals surface area (Å²) in [5.41, 5.74) is 0.0521. The third-order valence-electron chi connectivity index (χ3n) is 3.16. The lowest BCUT2D eigenvalue weighted by molar-refractivity contribution is -0.137. The lowest BCUT2D eigenvalue weighted by Crippen LogP contribution is -2.43. The van der Waals surface area contributed by atoms with Crippen LogP contribution in [-0.2, 0) is 14.8 Å². The number of benzene rings is 2. The molecule has 0 spiro atoms. The van der Waals surface area contributed by atoms with Crippen molar-refractivity contribution in [2.45, 2.75) is 17.9 Å². The Morgan fingerprint density at radius 3 is 2.13 bits per heavy atom. The number of sulfonamides is 1. The maximum atomic E-state index is 13.1. The van der Waals surface area contributed by atoms with E-state index in [1.165, 1.54) is 43.3 Å². The smallest absolute Gasteiger partial charge is 0.327 e. The Bertz CT molecular complexity index is 806. The maximum absolute atomic E-state index is 13.1. The molecule has 0 heterocycles. The molecule has 0 saturated carbocycles. The van der Waals surface area contributed by atoms with Crippen LogP contribution in [0.2, 0.25) is 5.02 Å².